The summed E-state index contributed by atoms with van der Waals surface area (Å²) in [4.78, 5) is 15.1. The molecule has 0 unspecified atom stereocenters. The first-order valence-corrected chi connectivity index (χ1v) is 11.1. The number of ether oxygens (including phenoxy) is 2. The van der Waals surface area contributed by atoms with Crippen molar-refractivity contribution >= 4 is 5.97 Å². The second-order valence-corrected chi connectivity index (χ2v) is 8.31. The molecule has 0 amide bonds. The number of aromatic nitrogens is 3. The molecule has 0 spiro atoms. The highest BCUT2D eigenvalue weighted by atomic mass is 16.5. The SMILES string of the molecule is CCOC(=O)c1nnn(Cc2ccc(OC)cc2)c1-c1ccc2c(c1)CCN(C(C)C)C2. The molecule has 168 valence electrons. The van der Waals surface area contributed by atoms with Gasteiger partial charge in [0.15, 0.2) is 5.69 Å². The van der Waals surface area contributed by atoms with Crippen LogP contribution < -0.4 is 4.74 Å². The van der Waals surface area contributed by atoms with Crippen molar-refractivity contribution in [2.45, 2.75) is 46.3 Å². The third kappa shape index (κ3) is 4.53. The summed E-state index contributed by atoms with van der Waals surface area (Å²) >= 11 is 0. The normalized spacial score (nSPS) is 13.8. The van der Waals surface area contributed by atoms with E-state index in [4.69, 9.17) is 9.47 Å². The van der Waals surface area contributed by atoms with E-state index in [1.807, 2.05) is 24.3 Å². The Morgan fingerprint density at radius 1 is 1.12 bits per heavy atom. The molecule has 0 aliphatic carbocycles. The van der Waals surface area contributed by atoms with Gasteiger partial charge >= 0.3 is 5.97 Å². The summed E-state index contributed by atoms with van der Waals surface area (Å²) in [7, 11) is 1.65. The van der Waals surface area contributed by atoms with Crippen molar-refractivity contribution < 1.29 is 14.3 Å². The number of benzene rings is 2. The maximum Gasteiger partial charge on any atom is 0.361 e. The predicted octanol–water partition coefficient (Wildman–Crippen LogP) is 3.95. The third-order valence-corrected chi connectivity index (χ3v) is 5.95. The van der Waals surface area contributed by atoms with Crippen LogP contribution in [-0.4, -0.2) is 52.2 Å². The minimum Gasteiger partial charge on any atom is -0.497 e. The highest BCUT2D eigenvalue weighted by Crippen LogP contribution is 2.29. The van der Waals surface area contributed by atoms with E-state index in [9.17, 15) is 4.79 Å². The summed E-state index contributed by atoms with van der Waals surface area (Å²) in [5.74, 6) is 0.345. The first-order chi connectivity index (χ1) is 15.5. The van der Waals surface area contributed by atoms with Crippen molar-refractivity contribution in [1.29, 1.82) is 0 Å². The summed E-state index contributed by atoms with van der Waals surface area (Å²) in [6.45, 7) is 9.01. The van der Waals surface area contributed by atoms with Crippen LogP contribution in [0.15, 0.2) is 42.5 Å². The van der Waals surface area contributed by atoms with Gasteiger partial charge in [-0.3, -0.25) is 4.90 Å². The number of carbonyl (C=O) groups is 1. The van der Waals surface area contributed by atoms with Crippen molar-refractivity contribution in [3.8, 4) is 17.0 Å². The molecule has 1 aliphatic rings. The van der Waals surface area contributed by atoms with E-state index in [0.29, 0.717) is 24.9 Å². The van der Waals surface area contributed by atoms with Gasteiger partial charge in [0.2, 0.25) is 0 Å². The molecule has 2 aromatic carbocycles. The first-order valence-electron chi connectivity index (χ1n) is 11.1. The average Bonchev–Trinajstić information content (AvgIpc) is 3.22. The van der Waals surface area contributed by atoms with Crippen molar-refractivity contribution in [3.05, 3.63) is 64.8 Å². The zero-order chi connectivity index (χ0) is 22.7. The summed E-state index contributed by atoms with van der Waals surface area (Å²) in [6.07, 6.45) is 0.982. The number of fused-ring (bicyclic) bond motifs is 1. The number of carbonyl (C=O) groups excluding carboxylic acids is 1. The molecule has 0 radical (unpaired) electrons. The first kappa shape index (κ1) is 22.0. The Labute approximate surface area is 188 Å². The molecule has 1 aromatic heterocycles. The standard InChI is InChI=1S/C25H30N4O3/c1-5-32-25(30)23-24(29(27-26-23)15-18-6-10-22(31-4)11-7-18)20-8-9-21-16-28(17(2)3)13-12-19(21)14-20/h6-11,14,17H,5,12-13,15-16H2,1-4H3. The fraction of sp³-hybridized carbons (Fsp3) is 0.400. The van der Waals surface area contributed by atoms with E-state index in [1.165, 1.54) is 11.1 Å². The van der Waals surface area contributed by atoms with Crippen molar-refractivity contribution in [1.82, 2.24) is 19.9 Å². The van der Waals surface area contributed by atoms with Crippen molar-refractivity contribution in [2.75, 3.05) is 20.3 Å². The van der Waals surface area contributed by atoms with Crippen molar-refractivity contribution in [3.63, 3.8) is 0 Å². The van der Waals surface area contributed by atoms with Gasteiger partial charge in [-0.1, -0.05) is 29.5 Å². The molecule has 0 saturated heterocycles. The summed E-state index contributed by atoms with van der Waals surface area (Å²) in [5.41, 5.74) is 5.56. The Kier molecular flexibility index (Phi) is 6.55. The molecule has 4 rings (SSSR count). The van der Waals surface area contributed by atoms with E-state index in [-0.39, 0.29) is 5.69 Å². The van der Waals surface area contributed by atoms with Gasteiger partial charge in [-0.2, -0.15) is 0 Å². The maximum atomic E-state index is 12.6. The van der Waals surface area contributed by atoms with Crippen molar-refractivity contribution in [2.24, 2.45) is 0 Å². The van der Waals surface area contributed by atoms with E-state index in [2.05, 4.69) is 47.3 Å². The Bertz CT molecular complexity index is 1090. The van der Waals surface area contributed by atoms with Crippen LogP contribution in [0, 0.1) is 0 Å². The van der Waals surface area contributed by atoms with Gasteiger partial charge in [0.05, 0.1) is 20.3 Å². The van der Waals surface area contributed by atoms with Gasteiger partial charge in [0.1, 0.15) is 11.4 Å². The lowest BCUT2D eigenvalue weighted by Crippen LogP contribution is -2.35. The van der Waals surface area contributed by atoms with Crippen LogP contribution >= 0.6 is 0 Å². The van der Waals surface area contributed by atoms with E-state index >= 15 is 0 Å². The van der Waals surface area contributed by atoms with Crippen LogP contribution in [-0.2, 0) is 24.2 Å². The van der Waals surface area contributed by atoms with Gasteiger partial charge in [0.25, 0.3) is 0 Å². The highest BCUT2D eigenvalue weighted by Gasteiger charge is 2.25. The number of hydrogen-bond acceptors (Lipinski definition) is 6. The van der Waals surface area contributed by atoms with Crippen LogP contribution in [0.2, 0.25) is 0 Å². The van der Waals surface area contributed by atoms with Gasteiger partial charge in [-0.15, -0.1) is 5.10 Å². The molecule has 0 saturated carbocycles. The van der Waals surface area contributed by atoms with E-state index < -0.39 is 5.97 Å². The maximum absolute atomic E-state index is 12.6. The van der Waals surface area contributed by atoms with Crippen LogP contribution in [0.25, 0.3) is 11.3 Å². The molecule has 0 N–H and O–H groups in total. The smallest absolute Gasteiger partial charge is 0.361 e. The molecule has 0 atom stereocenters. The van der Waals surface area contributed by atoms with Gasteiger partial charge in [-0.25, -0.2) is 9.48 Å². The number of esters is 1. The molecule has 7 heteroatoms. The number of rotatable bonds is 7. The summed E-state index contributed by atoms with van der Waals surface area (Å²) < 4.78 is 12.3. The average molecular weight is 435 g/mol. The number of methoxy groups -OCH3 is 1. The third-order valence-electron chi connectivity index (χ3n) is 5.95. The molecular weight excluding hydrogens is 404 g/mol. The zero-order valence-corrected chi connectivity index (χ0v) is 19.2. The lowest BCUT2D eigenvalue weighted by atomic mass is 9.95. The lowest BCUT2D eigenvalue weighted by molar-refractivity contribution is 0.0520. The monoisotopic (exact) mass is 434 g/mol. The predicted molar refractivity (Wildman–Crippen MR) is 123 cm³/mol. The highest BCUT2D eigenvalue weighted by molar-refractivity contribution is 5.94. The van der Waals surface area contributed by atoms with Gasteiger partial charge in [0, 0.05) is 24.7 Å². The van der Waals surface area contributed by atoms with Gasteiger partial charge in [-0.05, 0) is 62.1 Å². The second kappa shape index (κ2) is 9.53. The van der Waals surface area contributed by atoms with Crippen LogP contribution in [0.5, 0.6) is 5.75 Å². The zero-order valence-electron chi connectivity index (χ0n) is 19.2. The Balaban J connectivity index is 1.71. The molecule has 3 aromatic rings. The molecule has 0 fully saturated rings. The minimum atomic E-state index is -0.452. The lowest BCUT2D eigenvalue weighted by Gasteiger charge is -2.32. The van der Waals surface area contributed by atoms with Crippen LogP contribution in [0.4, 0.5) is 0 Å². The largest absolute Gasteiger partial charge is 0.497 e. The van der Waals surface area contributed by atoms with Crippen LogP contribution in [0.3, 0.4) is 0 Å². The second-order valence-electron chi connectivity index (χ2n) is 8.31. The molecule has 7 nitrogen and oxygen atoms in total. The minimum absolute atomic E-state index is 0.250. The quantitative estimate of drug-likeness (QED) is 0.525. The fourth-order valence-electron chi connectivity index (χ4n) is 4.11. The Hall–Kier alpha value is -3.19. The molecule has 1 aliphatic heterocycles. The van der Waals surface area contributed by atoms with Gasteiger partial charge < -0.3 is 9.47 Å². The number of hydrogen-bond donors (Lipinski definition) is 0. The Morgan fingerprint density at radius 2 is 1.91 bits per heavy atom. The summed E-state index contributed by atoms with van der Waals surface area (Å²) in [5, 5.41) is 8.50. The molecular formula is C25H30N4O3. The summed E-state index contributed by atoms with van der Waals surface area (Å²) in [6, 6.07) is 14.7. The van der Waals surface area contributed by atoms with E-state index in [0.717, 1.165) is 36.4 Å². The molecule has 2 heterocycles. The Morgan fingerprint density at radius 3 is 2.59 bits per heavy atom. The molecule has 32 heavy (non-hydrogen) atoms. The van der Waals surface area contributed by atoms with Crippen LogP contribution in [0.1, 0.15) is 48.0 Å². The topological polar surface area (TPSA) is 69.5 Å². The molecule has 0 bridgehead atoms. The number of nitrogens with zero attached hydrogens (tertiary/aromatic N) is 4. The fourth-order valence-corrected chi connectivity index (χ4v) is 4.11. The van der Waals surface area contributed by atoms with E-state index in [1.54, 1.807) is 18.7 Å².